The summed E-state index contributed by atoms with van der Waals surface area (Å²) < 4.78 is 26.3. The van der Waals surface area contributed by atoms with Gasteiger partial charge in [0, 0.05) is 0 Å². The van der Waals surface area contributed by atoms with E-state index >= 15 is 0 Å². The van der Waals surface area contributed by atoms with E-state index in [0.717, 1.165) is 6.29 Å². The van der Waals surface area contributed by atoms with E-state index in [9.17, 15) is 9.36 Å². The third-order valence-electron chi connectivity index (χ3n) is 1.28. The van der Waals surface area contributed by atoms with E-state index in [0.29, 0.717) is 0 Å². The highest BCUT2D eigenvalue weighted by molar-refractivity contribution is 7.54. The Hall–Kier alpha value is -0.710. The number of carbonyl (C=O) groups excluding carboxylic acids is 2. The summed E-state index contributed by atoms with van der Waals surface area (Å²) in [7, 11) is -3.28. The molecule has 0 atom stereocenters. The third-order valence-corrected chi connectivity index (χ3v) is 3.23. The van der Waals surface area contributed by atoms with Gasteiger partial charge < -0.3 is 18.6 Å². The van der Waals surface area contributed by atoms with Gasteiger partial charge in [-0.2, -0.15) is 0 Å². The minimum Gasteiger partial charge on any atom is -0.466 e. The zero-order valence-corrected chi connectivity index (χ0v) is 11.7. The van der Waals surface area contributed by atoms with E-state index in [1.165, 1.54) is 6.92 Å². The molecule has 0 aromatic heterocycles. The van der Waals surface area contributed by atoms with Gasteiger partial charge in [0.2, 0.25) is 0 Å². The van der Waals surface area contributed by atoms with Gasteiger partial charge in [0.15, 0.2) is 0 Å². The molecule has 0 saturated carbocycles. The second kappa shape index (κ2) is 11.8. The second-order valence-corrected chi connectivity index (χ2v) is 4.70. The molecular formula is C10H21O6P. The first-order valence-electron chi connectivity index (χ1n) is 5.43. The molecule has 0 aromatic rings. The highest BCUT2D eigenvalue weighted by Gasteiger charge is 2.28. The van der Waals surface area contributed by atoms with Crippen molar-refractivity contribution >= 4 is 19.9 Å². The highest BCUT2D eigenvalue weighted by atomic mass is 31.2. The van der Waals surface area contributed by atoms with Gasteiger partial charge in [0.25, 0.3) is 0 Å². The van der Waals surface area contributed by atoms with Crippen molar-refractivity contribution in [3.63, 3.8) is 0 Å². The quantitative estimate of drug-likeness (QED) is 0.399. The van der Waals surface area contributed by atoms with Gasteiger partial charge in [0.1, 0.15) is 12.4 Å². The third kappa shape index (κ3) is 11.6. The van der Waals surface area contributed by atoms with Gasteiger partial charge in [-0.15, -0.1) is 0 Å². The molecule has 0 aliphatic heterocycles. The summed E-state index contributed by atoms with van der Waals surface area (Å²) in [6.45, 7) is 7.27. The average molecular weight is 268 g/mol. The molecule has 0 rings (SSSR count). The van der Waals surface area contributed by atoms with E-state index in [2.05, 4.69) is 4.74 Å². The molecule has 0 radical (unpaired) electrons. The lowest BCUT2D eigenvalue weighted by atomic mass is 10.8. The van der Waals surface area contributed by atoms with Crippen LogP contribution in [0.25, 0.3) is 0 Å². The second-order valence-electron chi connectivity index (χ2n) is 2.65. The lowest BCUT2D eigenvalue weighted by Gasteiger charge is -2.15. The molecular weight excluding hydrogens is 247 g/mol. The fourth-order valence-electron chi connectivity index (χ4n) is 0.887. The summed E-state index contributed by atoms with van der Waals surface area (Å²) in [4.78, 5) is 19.9. The maximum absolute atomic E-state index is 11.8. The minimum atomic E-state index is -3.28. The zero-order valence-electron chi connectivity index (χ0n) is 10.8. The van der Waals surface area contributed by atoms with Crippen molar-refractivity contribution in [2.24, 2.45) is 0 Å². The summed E-state index contributed by atoms with van der Waals surface area (Å²) in [6.07, 6.45) is 0.433. The number of ether oxygens (including phenoxy) is 1. The fourth-order valence-corrected chi connectivity index (χ4v) is 2.34. The van der Waals surface area contributed by atoms with E-state index in [-0.39, 0.29) is 26.0 Å². The van der Waals surface area contributed by atoms with Crippen LogP contribution in [-0.2, 0) is 27.9 Å². The van der Waals surface area contributed by atoms with Gasteiger partial charge in [-0.05, 0) is 27.7 Å². The Balaban J connectivity index is 0. The molecule has 7 heteroatoms. The highest BCUT2D eigenvalue weighted by Crippen LogP contribution is 2.47. The Labute approximate surface area is 102 Å². The summed E-state index contributed by atoms with van der Waals surface area (Å²) in [5.41, 5.74) is 0. The van der Waals surface area contributed by atoms with E-state index in [1.807, 2.05) is 0 Å². The summed E-state index contributed by atoms with van der Waals surface area (Å²) in [6, 6.07) is 0. The van der Waals surface area contributed by atoms with E-state index in [1.54, 1.807) is 20.8 Å². The molecule has 6 nitrogen and oxygen atoms in total. The number of hydrogen-bond donors (Lipinski definition) is 0. The topological polar surface area (TPSA) is 78.9 Å². The van der Waals surface area contributed by atoms with Gasteiger partial charge >= 0.3 is 13.6 Å². The molecule has 0 spiro atoms. The molecule has 17 heavy (non-hydrogen) atoms. The SMILES string of the molecule is CC=O.CCOC(=O)CP(=O)(OCC)OCC. The van der Waals surface area contributed by atoms with Crippen LogP contribution < -0.4 is 0 Å². The fraction of sp³-hybridized carbons (Fsp3) is 0.800. The van der Waals surface area contributed by atoms with Crippen LogP contribution in [0.2, 0.25) is 0 Å². The van der Waals surface area contributed by atoms with Crippen LogP contribution in [-0.4, -0.2) is 38.2 Å². The molecule has 0 saturated heterocycles. The Kier molecular flexibility index (Phi) is 12.9. The normalized spacial score (nSPS) is 10.1. The monoisotopic (exact) mass is 268 g/mol. The van der Waals surface area contributed by atoms with Crippen molar-refractivity contribution in [2.75, 3.05) is 26.0 Å². The summed E-state index contributed by atoms with van der Waals surface area (Å²) >= 11 is 0. The Bertz CT molecular complexity index is 243. The first kappa shape index (κ1) is 18.6. The maximum Gasteiger partial charge on any atom is 0.341 e. The molecule has 0 N–H and O–H groups in total. The Morgan fingerprint density at radius 3 is 1.82 bits per heavy atom. The van der Waals surface area contributed by atoms with Crippen LogP contribution in [0.3, 0.4) is 0 Å². The van der Waals surface area contributed by atoms with Crippen molar-refractivity contribution < 1.29 is 27.9 Å². The van der Waals surface area contributed by atoms with Crippen LogP contribution in [0.5, 0.6) is 0 Å². The Morgan fingerprint density at radius 1 is 1.12 bits per heavy atom. The number of rotatable bonds is 7. The first-order valence-corrected chi connectivity index (χ1v) is 7.15. The number of esters is 1. The number of carbonyl (C=O) groups is 2. The molecule has 0 unspecified atom stereocenters. The van der Waals surface area contributed by atoms with Gasteiger partial charge in [-0.1, -0.05) is 0 Å². The molecule has 0 aromatic carbocycles. The molecule has 0 heterocycles. The zero-order chi connectivity index (χ0) is 13.7. The van der Waals surface area contributed by atoms with Crippen molar-refractivity contribution in [3.8, 4) is 0 Å². The van der Waals surface area contributed by atoms with Crippen molar-refractivity contribution in [3.05, 3.63) is 0 Å². The van der Waals surface area contributed by atoms with Crippen molar-refractivity contribution in [1.82, 2.24) is 0 Å². The first-order chi connectivity index (χ1) is 7.99. The smallest absolute Gasteiger partial charge is 0.341 e. The van der Waals surface area contributed by atoms with E-state index in [4.69, 9.17) is 13.8 Å². The standard InChI is InChI=1S/C8H17O5P.C2H4O/c1-4-11-8(9)7-14(10,12-5-2)13-6-3;1-2-3/h4-7H2,1-3H3;2H,1H3. The Morgan fingerprint density at radius 2 is 1.53 bits per heavy atom. The van der Waals surface area contributed by atoms with Crippen molar-refractivity contribution in [1.29, 1.82) is 0 Å². The van der Waals surface area contributed by atoms with Gasteiger partial charge in [0.05, 0.1) is 19.8 Å². The molecule has 0 aliphatic carbocycles. The molecule has 0 aliphatic rings. The van der Waals surface area contributed by atoms with Crippen molar-refractivity contribution in [2.45, 2.75) is 27.7 Å². The maximum atomic E-state index is 11.8. The molecule has 0 bridgehead atoms. The average Bonchev–Trinajstić information content (AvgIpc) is 2.18. The van der Waals surface area contributed by atoms with Crippen LogP contribution in [0, 0.1) is 0 Å². The molecule has 0 amide bonds. The predicted molar refractivity (Wildman–Crippen MR) is 64.1 cm³/mol. The van der Waals surface area contributed by atoms with Gasteiger partial charge in [-0.3, -0.25) is 9.36 Å². The van der Waals surface area contributed by atoms with Gasteiger partial charge in [-0.25, -0.2) is 0 Å². The van der Waals surface area contributed by atoms with Crippen LogP contribution in [0.1, 0.15) is 27.7 Å². The van der Waals surface area contributed by atoms with Crippen LogP contribution in [0.4, 0.5) is 0 Å². The lowest BCUT2D eigenvalue weighted by molar-refractivity contribution is -0.140. The van der Waals surface area contributed by atoms with Crippen LogP contribution in [0.15, 0.2) is 0 Å². The largest absolute Gasteiger partial charge is 0.466 e. The predicted octanol–water partition coefficient (Wildman–Crippen LogP) is 2.02. The lowest BCUT2D eigenvalue weighted by Crippen LogP contribution is -2.12. The van der Waals surface area contributed by atoms with E-state index < -0.39 is 13.6 Å². The molecule has 102 valence electrons. The number of aldehydes is 1. The molecule has 0 fully saturated rings. The summed E-state index contributed by atoms with van der Waals surface area (Å²) in [5, 5.41) is 0. The van der Waals surface area contributed by atoms with Crippen LogP contribution >= 0.6 is 7.60 Å². The minimum absolute atomic E-state index is 0.247. The number of hydrogen-bond acceptors (Lipinski definition) is 6. The summed E-state index contributed by atoms with van der Waals surface area (Å²) in [5.74, 6) is -0.558.